The third kappa shape index (κ3) is 6.56. The number of nitriles is 4. The van der Waals surface area contributed by atoms with Crippen molar-refractivity contribution in [2.45, 2.75) is 88.3 Å². The lowest BCUT2D eigenvalue weighted by atomic mass is 9.73. The fourth-order valence-corrected chi connectivity index (χ4v) is 14.6. The number of carbonyl (C=O) groups excluding carboxylic acids is 2. The first-order valence-corrected chi connectivity index (χ1v) is 25.2. The van der Waals surface area contributed by atoms with Gasteiger partial charge in [0.15, 0.2) is 34.4 Å². The second-order valence-electron chi connectivity index (χ2n) is 19.5. The molecule has 10 aliphatic rings. The second kappa shape index (κ2) is 16.3. The second-order valence-corrected chi connectivity index (χ2v) is 21.5. The van der Waals surface area contributed by atoms with Crippen molar-refractivity contribution in [2.75, 3.05) is 0 Å². The first-order valence-electron chi connectivity index (χ1n) is 23.5. The highest BCUT2D eigenvalue weighted by molar-refractivity contribution is 7.14. The van der Waals surface area contributed by atoms with Gasteiger partial charge < -0.3 is 9.47 Å². The van der Waals surface area contributed by atoms with Crippen LogP contribution in [0.25, 0.3) is 23.3 Å². The first-order chi connectivity index (χ1) is 33.9. The van der Waals surface area contributed by atoms with Crippen molar-refractivity contribution in [2.24, 2.45) is 35.5 Å². The number of rotatable bonds is 3. The molecule has 70 heavy (non-hydrogen) atoms. The molecule has 0 aromatic carbocycles. The third-order valence-corrected chi connectivity index (χ3v) is 17.7. The number of halogens is 4. The Balaban J connectivity index is 0.944. The van der Waals surface area contributed by atoms with Crippen LogP contribution in [0.1, 0.15) is 108 Å². The van der Waals surface area contributed by atoms with Crippen LogP contribution in [0.3, 0.4) is 0 Å². The monoisotopic (exact) mass is 974 g/mol. The van der Waals surface area contributed by atoms with Crippen LogP contribution in [-0.2, 0) is 30.3 Å². The molecular formula is C54H38F4N6O4S2. The topological polar surface area (TPSA) is 174 Å². The van der Waals surface area contributed by atoms with Crippen molar-refractivity contribution in [3.05, 3.63) is 136 Å². The Morgan fingerprint density at radius 3 is 1.73 bits per heavy atom. The Morgan fingerprint density at radius 1 is 0.686 bits per heavy atom. The van der Waals surface area contributed by atoms with Gasteiger partial charge in [0.1, 0.15) is 68.2 Å². The average Bonchev–Trinajstić information content (AvgIpc) is 4.12. The fourth-order valence-electron chi connectivity index (χ4n) is 12.4. The lowest BCUT2D eigenvalue weighted by molar-refractivity contribution is -0.117. The van der Waals surface area contributed by atoms with Crippen molar-refractivity contribution < 1.29 is 36.6 Å². The van der Waals surface area contributed by atoms with Crippen molar-refractivity contribution in [1.82, 2.24) is 9.97 Å². The molecule has 0 N–H and O–H groups in total. The normalized spacial score (nSPS) is 28.8. The summed E-state index contributed by atoms with van der Waals surface area (Å²) in [6.45, 7) is 0. The minimum Gasteiger partial charge on any atom is -0.481 e. The maximum absolute atomic E-state index is 14.7. The highest BCUT2D eigenvalue weighted by Crippen LogP contribution is 2.59. The molecule has 0 bridgehead atoms. The standard InChI is InChI=1S/C54H38F4N6O4S2/c55-37-15-29-31(17-39(37)57)47(65)35(45(29)27(21-59)22-60)19-43-63-51-49(69-43)33-11-26-14-42-34(12-25(26)13-41(33)67-53(51)7-3-1-4-8-53)50-52(54(68-42)9-5-2-6-10-54)64-44(70-50)20-36-46(28(23-61)24-62)30-16-38(56)40(58)18-32(30)48(36)66/h11-16,19-20,25-27,31-32,45H,1-10,17-18H2/b35-19-,36-20-. The zero-order chi connectivity index (χ0) is 48.4. The molecule has 4 saturated carbocycles. The third-order valence-electron chi connectivity index (χ3n) is 15.7. The van der Waals surface area contributed by atoms with Crippen LogP contribution in [0, 0.1) is 80.8 Å². The summed E-state index contributed by atoms with van der Waals surface area (Å²) in [6.07, 6.45) is 21.1. The van der Waals surface area contributed by atoms with Crippen LogP contribution < -0.4 is 0 Å². The van der Waals surface area contributed by atoms with Crippen molar-refractivity contribution in [3.63, 3.8) is 0 Å². The van der Waals surface area contributed by atoms with Crippen LogP contribution in [0.5, 0.6) is 0 Å². The summed E-state index contributed by atoms with van der Waals surface area (Å²) in [4.78, 5) is 40.0. The Bertz CT molecular complexity index is 3340. The predicted octanol–water partition coefficient (Wildman–Crippen LogP) is 12.2. The minimum atomic E-state index is -1.31. The Kier molecular flexibility index (Phi) is 10.3. The molecule has 0 radical (unpaired) electrons. The number of carbonyl (C=O) groups is 2. The van der Waals surface area contributed by atoms with E-state index in [1.165, 1.54) is 22.7 Å². The molecule has 16 heteroatoms. The van der Waals surface area contributed by atoms with Crippen molar-refractivity contribution in [3.8, 4) is 24.3 Å². The van der Waals surface area contributed by atoms with E-state index in [0.717, 1.165) is 83.0 Å². The lowest BCUT2D eigenvalue weighted by Crippen LogP contribution is -2.38. The fraction of sp³-hybridized carbons (Fsp3) is 0.370. The van der Waals surface area contributed by atoms with E-state index in [0.29, 0.717) is 47.2 Å². The summed E-state index contributed by atoms with van der Waals surface area (Å²) in [5.41, 5.74) is 1.75. The molecule has 4 heterocycles. The van der Waals surface area contributed by atoms with E-state index in [4.69, 9.17) is 19.4 Å². The van der Waals surface area contributed by atoms with Gasteiger partial charge in [-0.3, -0.25) is 9.59 Å². The van der Waals surface area contributed by atoms with Gasteiger partial charge in [-0.25, -0.2) is 27.5 Å². The van der Waals surface area contributed by atoms with E-state index in [2.05, 4.69) is 24.3 Å². The summed E-state index contributed by atoms with van der Waals surface area (Å²) < 4.78 is 72.6. The quantitative estimate of drug-likeness (QED) is 0.164. The zero-order valence-corrected chi connectivity index (χ0v) is 38.8. The molecule has 2 aromatic heterocycles. The maximum atomic E-state index is 14.7. The number of Topliss-reactive ketones (excluding diaryl/α,β-unsaturated/α-hetero) is 2. The molecule has 0 amide bonds. The van der Waals surface area contributed by atoms with Gasteiger partial charge in [0.25, 0.3) is 0 Å². The van der Waals surface area contributed by atoms with E-state index in [1.54, 1.807) is 12.2 Å². The molecule has 2 spiro atoms. The SMILES string of the molecule is N#CC(C#N)=C1C2=CC(F)=C(F)CC2C(=O)/C1=C\c1nc2c(s1)C1=CC3C=C4OC5(CCCCC5)c5nc(/C=C6\C(=O)C7CC(F)=C(F)C=C7C6C(C#N)C#N)sc5C4=CC3C=C1OC21CCCCC1. The zero-order valence-electron chi connectivity index (χ0n) is 37.2. The number of ketones is 2. The molecule has 5 unspecified atom stereocenters. The molecule has 12 rings (SSSR count). The van der Waals surface area contributed by atoms with Crippen molar-refractivity contribution >= 4 is 57.5 Å². The molecule has 8 aliphatic carbocycles. The molecule has 5 atom stereocenters. The Morgan fingerprint density at radius 2 is 1.20 bits per heavy atom. The van der Waals surface area contributed by atoms with Gasteiger partial charge in [-0.05, 0) is 99.0 Å². The average molecular weight is 975 g/mol. The maximum Gasteiger partial charge on any atom is 0.171 e. The van der Waals surface area contributed by atoms with Crippen LogP contribution in [-0.4, -0.2) is 21.5 Å². The van der Waals surface area contributed by atoms with Crippen LogP contribution in [0.15, 0.2) is 105 Å². The van der Waals surface area contributed by atoms with Gasteiger partial charge in [-0.2, -0.15) is 21.0 Å². The predicted molar refractivity (Wildman–Crippen MR) is 248 cm³/mol. The number of ether oxygens (including phenoxy) is 2. The number of hydrogen-bond donors (Lipinski definition) is 0. The van der Waals surface area contributed by atoms with Crippen LogP contribution >= 0.6 is 22.7 Å². The molecule has 2 aliphatic heterocycles. The van der Waals surface area contributed by atoms with Gasteiger partial charge in [0.05, 0.1) is 33.7 Å². The van der Waals surface area contributed by atoms with E-state index in [9.17, 15) is 48.2 Å². The number of thiazole rings is 2. The number of fused-ring (bicyclic) bond motifs is 11. The molecule has 2 aromatic rings. The number of nitrogens with zero attached hydrogens (tertiary/aromatic N) is 6. The summed E-state index contributed by atoms with van der Waals surface area (Å²) in [7, 11) is 0. The molecular weight excluding hydrogens is 937 g/mol. The van der Waals surface area contributed by atoms with Gasteiger partial charge in [-0.15, -0.1) is 22.7 Å². The summed E-state index contributed by atoms with van der Waals surface area (Å²) in [5, 5.41) is 40.8. The van der Waals surface area contributed by atoms with E-state index in [1.807, 2.05) is 24.3 Å². The van der Waals surface area contributed by atoms with Crippen LogP contribution in [0.4, 0.5) is 17.6 Å². The van der Waals surface area contributed by atoms with E-state index < -0.39 is 82.6 Å². The van der Waals surface area contributed by atoms with Gasteiger partial charge in [0, 0.05) is 58.5 Å². The molecule has 0 saturated heterocycles. The number of aromatic nitrogens is 2. The summed E-state index contributed by atoms with van der Waals surface area (Å²) in [6, 6.07) is 7.63. The minimum absolute atomic E-state index is 0.00333. The first kappa shape index (κ1) is 44.2. The highest BCUT2D eigenvalue weighted by Gasteiger charge is 2.52. The van der Waals surface area contributed by atoms with E-state index >= 15 is 0 Å². The summed E-state index contributed by atoms with van der Waals surface area (Å²) >= 11 is 2.74. The smallest absolute Gasteiger partial charge is 0.171 e. The number of allylic oxidation sites excluding steroid dienone is 18. The number of hydrogen-bond acceptors (Lipinski definition) is 12. The molecule has 348 valence electrons. The Labute approximate surface area is 407 Å². The Hall–Kier alpha value is -6.98. The van der Waals surface area contributed by atoms with Crippen molar-refractivity contribution in [1.29, 1.82) is 21.0 Å². The molecule has 10 nitrogen and oxygen atoms in total. The molecule has 4 fully saturated rings. The summed E-state index contributed by atoms with van der Waals surface area (Å²) in [5.74, 6) is -8.71. The lowest BCUT2D eigenvalue weighted by Gasteiger charge is -2.45. The largest absolute Gasteiger partial charge is 0.481 e. The van der Waals surface area contributed by atoms with Gasteiger partial charge >= 0.3 is 0 Å². The highest BCUT2D eigenvalue weighted by atomic mass is 32.1. The van der Waals surface area contributed by atoms with Crippen LogP contribution in [0.2, 0.25) is 0 Å². The van der Waals surface area contributed by atoms with E-state index in [-0.39, 0.29) is 45.3 Å². The van der Waals surface area contributed by atoms with Gasteiger partial charge in [-0.1, -0.05) is 25.0 Å². The van der Waals surface area contributed by atoms with Gasteiger partial charge in [0.2, 0.25) is 0 Å².